The molecule has 3 heterocycles. The van der Waals surface area contributed by atoms with Crippen molar-refractivity contribution in [2.45, 2.75) is 37.4 Å². The third-order valence-electron chi connectivity index (χ3n) is 3.85. The number of piperidine rings is 1. The summed E-state index contributed by atoms with van der Waals surface area (Å²) in [4.78, 5) is 15.3. The number of hydrogen-bond donors (Lipinski definition) is 1. The van der Waals surface area contributed by atoms with Gasteiger partial charge in [0.05, 0.1) is 10.6 Å². The van der Waals surface area contributed by atoms with Crippen LogP contribution in [0.5, 0.6) is 0 Å². The number of thioether (sulfide) groups is 1. The molecule has 1 aliphatic rings. The van der Waals surface area contributed by atoms with Crippen LogP contribution in [0.3, 0.4) is 0 Å². The Bertz CT molecular complexity index is 640. The number of hydrogen-bond acceptors (Lipinski definition) is 6. The summed E-state index contributed by atoms with van der Waals surface area (Å²) in [7, 11) is 0. The van der Waals surface area contributed by atoms with Crippen LogP contribution < -0.4 is 5.84 Å². The maximum absolute atomic E-state index is 12.3. The molecule has 2 N–H and O–H groups in total. The lowest BCUT2D eigenvalue weighted by Gasteiger charge is -2.33. The molecule has 0 aliphatic carbocycles. The minimum Gasteiger partial charge on any atom is -0.339 e. The number of likely N-dealkylation sites (tertiary alicyclic amines) is 1. The molecule has 0 saturated carbocycles. The molecule has 0 bridgehead atoms. The first-order valence-electron chi connectivity index (χ1n) is 7.33. The molecule has 1 fully saturated rings. The molecule has 0 spiro atoms. The lowest BCUT2D eigenvalue weighted by molar-refractivity contribution is -0.131. The predicted octanol–water partition coefficient (Wildman–Crippen LogP) is 2.21. The van der Waals surface area contributed by atoms with Crippen LogP contribution in [-0.2, 0) is 4.79 Å². The Hall–Kier alpha value is -1.54. The Balaban J connectivity index is 1.63. The second kappa shape index (κ2) is 6.70. The lowest BCUT2D eigenvalue weighted by atomic mass is 10.0. The van der Waals surface area contributed by atoms with Gasteiger partial charge in [-0.3, -0.25) is 4.79 Å². The van der Waals surface area contributed by atoms with E-state index in [4.69, 9.17) is 5.84 Å². The van der Waals surface area contributed by atoms with Gasteiger partial charge in [0.1, 0.15) is 0 Å². The number of nitrogen functional groups attached to an aromatic ring is 1. The van der Waals surface area contributed by atoms with Crippen LogP contribution >= 0.6 is 23.1 Å². The molecule has 6 nitrogen and oxygen atoms in total. The van der Waals surface area contributed by atoms with E-state index in [1.807, 2.05) is 22.4 Å². The molecular weight excluding hydrogens is 318 g/mol. The minimum atomic E-state index is 0.151. The fourth-order valence-corrected chi connectivity index (χ4v) is 4.08. The van der Waals surface area contributed by atoms with Crippen LogP contribution in [0, 0.1) is 0 Å². The number of carbonyl (C=O) groups excluding carboxylic acids is 1. The van der Waals surface area contributed by atoms with Crippen molar-refractivity contribution in [1.82, 2.24) is 19.8 Å². The van der Waals surface area contributed by atoms with Crippen LogP contribution in [0.25, 0.3) is 10.7 Å². The van der Waals surface area contributed by atoms with Crippen molar-refractivity contribution in [2.24, 2.45) is 0 Å². The normalized spacial score (nSPS) is 18.6. The summed E-state index contributed by atoms with van der Waals surface area (Å²) in [5.74, 6) is 7.18. The molecule has 118 valence electrons. The summed E-state index contributed by atoms with van der Waals surface area (Å²) >= 11 is 2.91. The van der Waals surface area contributed by atoms with Crippen LogP contribution in [0.2, 0.25) is 0 Å². The number of nitrogens with two attached hydrogens (primary N) is 1. The van der Waals surface area contributed by atoms with Gasteiger partial charge in [0.25, 0.3) is 0 Å². The average Bonchev–Trinajstić information content (AvgIpc) is 3.15. The maximum atomic E-state index is 12.3. The van der Waals surface area contributed by atoms with Crippen molar-refractivity contribution in [3.8, 4) is 10.7 Å². The van der Waals surface area contributed by atoms with Gasteiger partial charge in [0, 0.05) is 12.6 Å². The van der Waals surface area contributed by atoms with Crippen molar-refractivity contribution >= 4 is 29.0 Å². The zero-order valence-electron chi connectivity index (χ0n) is 12.4. The minimum absolute atomic E-state index is 0.151. The lowest BCUT2D eigenvalue weighted by Crippen LogP contribution is -2.43. The summed E-state index contributed by atoms with van der Waals surface area (Å²) in [6.45, 7) is 2.97. The Kier molecular flexibility index (Phi) is 4.68. The van der Waals surface area contributed by atoms with Gasteiger partial charge in [-0.1, -0.05) is 17.8 Å². The molecule has 0 radical (unpaired) electrons. The van der Waals surface area contributed by atoms with E-state index in [1.54, 1.807) is 11.3 Å². The Labute approximate surface area is 137 Å². The summed E-state index contributed by atoms with van der Waals surface area (Å²) in [5, 5.41) is 10.8. The van der Waals surface area contributed by atoms with Gasteiger partial charge >= 0.3 is 0 Å². The van der Waals surface area contributed by atoms with E-state index in [9.17, 15) is 4.79 Å². The van der Waals surface area contributed by atoms with E-state index in [1.165, 1.54) is 22.9 Å². The first kappa shape index (κ1) is 15.4. The van der Waals surface area contributed by atoms with Gasteiger partial charge < -0.3 is 10.7 Å². The Morgan fingerprint density at radius 1 is 1.50 bits per heavy atom. The largest absolute Gasteiger partial charge is 0.339 e. The van der Waals surface area contributed by atoms with Crippen LogP contribution in [0.4, 0.5) is 0 Å². The van der Waals surface area contributed by atoms with Gasteiger partial charge in [0.15, 0.2) is 5.82 Å². The highest BCUT2D eigenvalue weighted by atomic mass is 32.2. The Morgan fingerprint density at radius 3 is 3.09 bits per heavy atom. The molecule has 3 rings (SSSR count). The number of nitrogens with zero attached hydrogens (tertiary/aromatic N) is 4. The van der Waals surface area contributed by atoms with Gasteiger partial charge in [-0.2, -0.15) is 0 Å². The molecule has 2 aromatic rings. The molecule has 1 aliphatic heterocycles. The Morgan fingerprint density at radius 2 is 2.36 bits per heavy atom. The molecule has 2 aromatic heterocycles. The van der Waals surface area contributed by atoms with E-state index in [0.29, 0.717) is 22.8 Å². The molecule has 0 aromatic carbocycles. The predicted molar refractivity (Wildman–Crippen MR) is 89.2 cm³/mol. The zero-order valence-corrected chi connectivity index (χ0v) is 14.1. The highest BCUT2D eigenvalue weighted by Gasteiger charge is 2.24. The maximum Gasteiger partial charge on any atom is 0.233 e. The smallest absolute Gasteiger partial charge is 0.233 e. The van der Waals surface area contributed by atoms with Crippen LogP contribution in [0.15, 0.2) is 22.7 Å². The number of aromatic nitrogens is 3. The number of amides is 1. The van der Waals surface area contributed by atoms with Crippen molar-refractivity contribution in [3.05, 3.63) is 17.5 Å². The van der Waals surface area contributed by atoms with E-state index in [-0.39, 0.29) is 5.91 Å². The highest BCUT2D eigenvalue weighted by molar-refractivity contribution is 7.99. The van der Waals surface area contributed by atoms with Gasteiger partial charge in [0.2, 0.25) is 11.1 Å². The molecule has 22 heavy (non-hydrogen) atoms. The zero-order chi connectivity index (χ0) is 15.5. The second-order valence-corrected chi connectivity index (χ2v) is 7.26. The second-order valence-electron chi connectivity index (χ2n) is 5.37. The SMILES string of the molecule is C[C@@H]1CCCCN1C(=O)CSc1nnc(-c2cccs2)n1N. The first-order chi connectivity index (χ1) is 10.7. The molecule has 0 unspecified atom stereocenters. The topological polar surface area (TPSA) is 77.0 Å². The van der Waals surface area contributed by atoms with Gasteiger partial charge in [-0.15, -0.1) is 21.5 Å². The number of carbonyl (C=O) groups is 1. The van der Waals surface area contributed by atoms with Crippen LogP contribution in [-0.4, -0.2) is 44.0 Å². The van der Waals surface area contributed by atoms with Gasteiger partial charge in [-0.05, 0) is 37.6 Å². The van der Waals surface area contributed by atoms with Crippen molar-refractivity contribution in [1.29, 1.82) is 0 Å². The third-order valence-corrected chi connectivity index (χ3v) is 5.65. The van der Waals surface area contributed by atoms with E-state index < -0.39 is 0 Å². The molecule has 8 heteroatoms. The van der Waals surface area contributed by atoms with E-state index in [0.717, 1.165) is 24.3 Å². The fourth-order valence-electron chi connectivity index (χ4n) is 2.63. The van der Waals surface area contributed by atoms with Crippen molar-refractivity contribution in [2.75, 3.05) is 18.1 Å². The third kappa shape index (κ3) is 3.12. The summed E-state index contributed by atoms with van der Waals surface area (Å²) in [6, 6.07) is 4.23. The van der Waals surface area contributed by atoms with Gasteiger partial charge in [-0.25, -0.2) is 4.68 Å². The number of rotatable bonds is 4. The quantitative estimate of drug-likeness (QED) is 0.684. The average molecular weight is 337 g/mol. The van der Waals surface area contributed by atoms with Crippen molar-refractivity contribution < 1.29 is 4.79 Å². The highest BCUT2D eigenvalue weighted by Crippen LogP contribution is 2.26. The van der Waals surface area contributed by atoms with Crippen molar-refractivity contribution in [3.63, 3.8) is 0 Å². The first-order valence-corrected chi connectivity index (χ1v) is 9.20. The number of thiophene rings is 1. The standard InChI is InChI=1S/C14H19N5OS2/c1-10-5-2-3-7-18(10)12(20)9-22-14-17-16-13(19(14)15)11-6-4-8-21-11/h4,6,8,10H,2-3,5,7,9,15H2,1H3/t10-/m1/s1. The van der Waals surface area contributed by atoms with E-state index >= 15 is 0 Å². The molecular formula is C14H19N5OS2. The van der Waals surface area contributed by atoms with Crippen LogP contribution in [0.1, 0.15) is 26.2 Å². The molecule has 1 saturated heterocycles. The summed E-state index contributed by atoms with van der Waals surface area (Å²) in [6.07, 6.45) is 3.39. The fraction of sp³-hybridized carbons (Fsp3) is 0.500. The van der Waals surface area contributed by atoms with E-state index in [2.05, 4.69) is 17.1 Å². The molecule has 1 amide bonds. The summed E-state index contributed by atoms with van der Waals surface area (Å²) < 4.78 is 1.46. The molecule has 1 atom stereocenters. The summed E-state index contributed by atoms with van der Waals surface area (Å²) in [5.41, 5.74) is 0. The monoisotopic (exact) mass is 337 g/mol.